The van der Waals surface area contributed by atoms with Crippen molar-refractivity contribution in [3.63, 3.8) is 0 Å². The Bertz CT molecular complexity index is 549. The van der Waals surface area contributed by atoms with Gasteiger partial charge in [0.15, 0.2) is 0 Å². The maximum atomic E-state index is 6.15. The van der Waals surface area contributed by atoms with Crippen molar-refractivity contribution in [1.82, 2.24) is 0 Å². The van der Waals surface area contributed by atoms with Crippen LogP contribution < -0.4 is 5.32 Å². The summed E-state index contributed by atoms with van der Waals surface area (Å²) in [6, 6.07) is 14.1. The Balaban J connectivity index is 1.95. The molecule has 0 amide bonds. The topological polar surface area (TPSA) is 12.0 Å². The molecular formula is C17H19Cl2N. The van der Waals surface area contributed by atoms with Crippen LogP contribution in [0, 0.1) is 0 Å². The molecule has 0 heterocycles. The standard InChI is InChI=1S/C17H19Cl2N/c1-2-3-4-13-5-8-16(9-6-13)20-12-14-11-15(18)7-10-17(14)19/h5-11,20H,2-4,12H2,1H3. The third-order valence-electron chi connectivity index (χ3n) is 3.26. The first-order valence-electron chi connectivity index (χ1n) is 6.96. The van der Waals surface area contributed by atoms with Gasteiger partial charge in [-0.15, -0.1) is 0 Å². The Hall–Kier alpha value is -1.18. The monoisotopic (exact) mass is 307 g/mol. The molecular weight excluding hydrogens is 289 g/mol. The first-order valence-corrected chi connectivity index (χ1v) is 7.71. The summed E-state index contributed by atoms with van der Waals surface area (Å²) in [4.78, 5) is 0. The van der Waals surface area contributed by atoms with Crippen LogP contribution in [0.3, 0.4) is 0 Å². The largest absolute Gasteiger partial charge is 0.381 e. The zero-order valence-electron chi connectivity index (χ0n) is 11.6. The van der Waals surface area contributed by atoms with Crippen molar-refractivity contribution in [2.45, 2.75) is 32.7 Å². The zero-order valence-corrected chi connectivity index (χ0v) is 13.1. The fraction of sp³-hybridized carbons (Fsp3) is 0.294. The molecule has 0 saturated carbocycles. The van der Waals surface area contributed by atoms with E-state index in [-0.39, 0.29) is 0 Å². The van der Waals surface area contributed by atoms with Crippen molar-refractivity contribution in [3.8, 4) is 0 Å². The Kier molecular flexibility index (Phi) is 5.75. The van der Waals surface area contributed by atoms with Gasteiger partial charge in [-0.05, 0) is 54.3 Å². The van der Waals surface area contributed by atoms with Crippen LogP contribution in [0.2, 0.25) is 10.0 Å². The molecule has 0 saturated heterocycles. The highest BCUT2D eigenvalue weighted by atomic mass is 35.5. The van der Waals surface area contributed by atoms with E-state index >= 15 is 0 Å². The second-order valence-corrected chi connectivity index (χ2v) is 5.73. The summed E-state index contributed by atoms with van der Waals surface area (Å²) in [6.07, 6.45) is 3.62. The highest BCUT2D eigenvalue weighted by molar-refractivity contribution is 6.33. The Morgan fingerprint density at radius 3 is 2.45 bits per heavy atom. The fourth-order valence-electron chi connectivity index (χ4n) is 2.05. The zero-order chi connectivity index (χ0) is 14.4. The van der Waals surface area contributed by atoms with Crippen molar-refractivity contribution in [1.29, 1.82) is 0 Å². The second-order valence-electron chi connectivity index (χ2n) is 4.89. The predicted octanol–water partition coefficient (Wildman–Crippen LogP) is 5.95. The normalized spacial score (nSPS) is 10.6. The molecule has 0 aliphatic rings. The number of halogens is 2. The van der Waals surface area contributed by atoms with Gasteiger partial charge in [0.25, 0.3) is 0 Å². The van der Waals surface area contributed by atoms with Gasteiger partial charge in [-0.25, -0.2) is 0 Å². The Morgan fingerprint density at radius 2 is 1.75 bits per heavy atom. The second kappa shape index (κ2) is 7.56. The van der Waals surface area contributed by atoms with Crippen LogP contribution in [0.5, 0.6) is 0 Å². The smallest absolute Gasteiger partial charge is 0.0456 e. The van der Waals surface area contributed by atoms with Gasteiger partial charge in [0.05, 0.1) is 0 Å². The van der Waals surface area contributed by atoms with E-state index in [2.05, 4.69) is 36.5 Å². The van der Waals surface area contributed by atoms with Crippen LogP contribution in [0.4, 0.5) is 5.69 Å². The van der Waals surface area contributed by atoms with Crippen LogP contribution in [0.25, 0.3) is 0 Å². The molecule has 0 unspecified atom stereocenters. The number of aryl methyl sites for hydroxylation is 1. The fourth-order valence-corrected chi connectivity index (χ4v) is 2.43. The molecule has 0 fully saturated rings. The molecule has 0 spiro atoms. The SMILES string of the molecule is CCCCc1ccc(NCc2cc(Cl)ccc2Cl)cc1. The number of unbranched alkanes of at least 4 members (excludes halogenated alkanes) is 1. The van der Waals surface area contributed by atoms with E-state index in [4.69, 9.17) is 23.2 Å². The molecule has 2 aromatic carbocycles. The van der Waals surface area contributed by atoms with Crippen LogP contribution in [-0.4, -0.2) is 0 Å². The summed E-state index contributed by atoms with van der Waals surface area (Å²) < 4.78 is 0. The van der Waals surface area contributed by atoms with Gasteiger partial charge >= 0.3 is 0 Å². The molecule has 1 nitrogen and oxygen atoms in total. The highest BCUT2D eigenvalue weighted by Gasteiger charge is 2.01. The molecule has 106 valence electrons. The number of anilines is 1. The molecule has 0 aliphatic heterocycles. The average molecular weight is 308 g/mol. The van der Waals surface area contributed by atoms with E-state index in [1.165, 1.54) is 18.4 Å². The third-order valence-corrected chi connectivity index (χ3v) is 3.87. The number of benzene rings is 2. The molecule has 20 heavy (non-hydrogen) atoms. The number of hydrogen-bond acceptors (Lipinski definition) is 1. The summed E-state index contributed by atoms with van der Waals surface area (Å²) in [5.74, 6) is 0. The number of rotatable bonds is 6. The summed E-state index contributed by atoms with van der Waals surface area (Å²) in [5, 5.41) is 4.82. The Labute approximate surface area is 130 Å². The van der Waals surface area contributed by atoms with Crippen molar-refractivity contribution in [3.05, 3.63) is 63.6 Å². The first-order chi connectivity index (χ1) is 9.69. The van der Waals surface area contributed by atoms with Gasteiger partial charge in [0.2, 0.25) is 0 Å². The molecule has 1 N–H and O–H groups in total. The number of nitrogens with one attached hydrogen (secondary N) is 1. The molecule has 0 aliphatic carbocycles. The lowest BCUT2D eigenvalue weighted by Crippen LogP contribution is -2.00. The van der Waals surface area contributed by atoms with Crippen molar-refractivity contribution in [2.24, 2.45) is 0 Å². The van der Waals surface area contributed by atoms with E-state index in [0.29, 0.717) is 11.6 Å². The quantitative estimate of drug-likeness (QED) is 0.695. The van der Waals surface area contributed by atoms with Crippen LogP contribution in [-0.2, 0) is 13.0 Å². The van der Waals surface area contributed by atoms with E-state index in [0.717, 1.165) is 22.7 Å². The minimum absolute atomic E-state index is 0.674. The van der Waals surface area contributed by atoms with E-state index < -0.39 is 0 Å². The summed E-state index contributed by atoms with van der Waals surface area (Å²) in [6.45, 7) is 2.89. The average Bonchev–Trinajstić information content (AvgIpc) is 2.47. The molecule has 0 atom stereocenters. The molecule has 3 heteroatoms. The van der Waals surface area contributed by atoms with E-state index in [1.54, 1.807) is 6.07 Å². The molecule has 0 radical (unpaired) electrons. The van der Waals surface area contributed by atoms with Crippen LogP contribution in [0.1, 0.15) is 30.9 Å². The minimum Gasteiger partial charge on any atom is -0.381 e. The first kappa shape index (κ1) is 15.2. The van der Waals surface area contributed by atoms with Gasteiger partial charge in [-0.3, -0.25) is 0 Å². The van der Waals surface area contributed by atoms with Crippen molar-refractivity contribution >= 4 is 28.9 Å². The maximum absolute atomic E-state index is 6.15. The number of hydrogen-bond donors (Lipinski definition) is 1. The Morgan fingerprint density at radius 1 is 1.00 bits per heavy atom. The molecule has 0 bridgehead atoms. The van der Waals surface area contributed by atoms with Gasteiger partial charge < -0.3 is 5.32 Å². The third kappa shape index (κ3) is 4.43. The van der Waals surface area contributed by atoms with E-state index in [1.807, 2.05) is 12.1 Å². The van der Waals surface area contributed by atoms with Gasteiger partial charge in [0, 0.05) is 22.3 Å². The lowest BCUT2D eigenvalue weighted by Gasteiger charge is -2.09. The summed E-state index contributed by atoms with van der Waals surface area (Å²) >= 11 is 12.1. The lowest BCUT2D eigenvalue weighted by atomic mass is 10.1. The predicted molar refractivity (Wildman–Crippen MR) is 88.8 cm³/mol. The summed E-state index contributed by atoms with van der Waals surface area (Å²) in [7, 11) is 0. The molecule has 0 aromatic heterocycles. The molecule has 2 aromatic rings. The van der Waals surface area contributed by atoms with Crippen LogP contribution >= 0.6 is 23.2 Å². The highest BCUT2D eigenvalue weighted by Crippen LogP contribution is 2.22. The minimum atomic E-state index is 0.674. The van der Waals surface area contributed by atoms with Gasteiger partial charge in [-0.2, -0.15) is 0 Å². The molecule has 2 rings (SSSR count). The van der Waals surface area contributed by atoms with Crippen molar-refractivity contribution < 1.29 is 0 Å². The van der Waals surface area contributed by atoms with Gasteiger partial charge in [-0.1, -0.05) is 48.7 Å². The maximum Gasteiger partial charge on any atom is 0.0456 e. The van der Waals surface area contributed by atoms with Crippen LogP contribution in [0.15, 0.2) is 42.5 Å². The van der Waals surface area contributed by atoms with Crippen molar-refractivity contribution in [2.75, 3.05) is 5.32 Å². The summed E-state index contributed by atoms with van der Waals surface area (Å²) in [5.41, 5.74) is 3.49. The lowest BCUT2D eigenvalue weighted by molar-refractivity contribution is 0.795. The van der Waals surface area contributed by atoms with Gasteiger partial charge in [0.1, 0.15) is 0 Å². The van der Waals surface area contributed by atoms with E-state index in [9.17, 15) is 0 Å².